The number of hydrogen-bond donors (Lipinski definition) is 1. The number of carboxylic acids is 1. The van der Waals surface area contributed by atoms with Crippen molar-refractivity contribution in [2.75, 3.05) is 38.7 Å². The largest absolute Gasteiger partial charge is 0.477 e. The Hall–Kier alpha value is -1.18. The maximum atomic E-state index is 11.3. The van der Waals surface area contributed by atoms with Gasteiger partial charge in [0.05, 0.1) is 12.3 Å². The van der Waals surface area contributed by atoms with E-state index in [1.54, 1.807) is 7.11 Å². The highest BCUT2D eigenvalue weighted by Gasteiger charge is 2.27. The van der Waals surface area contributed by atoms with E-state index in [9.17, 15) is 9.90 Å². The summed E-state index contributed by atoms with van der Waals surface area (Å²) in [6.07, 6.45) is 1.08. The van der Waals surface area contributed by atoms with Crippen LogP contribution in [0.2, 0.25) is 0 Å². The van der Waals surface area contributed by atoms with Crippen LogP contribution in [0.15, 0.2) is 0 Å². The molecule has 6 nitrogen and oxygen atoms in total. The number of aromatic carboxylic acids is 1. The first-order valence-electron chi connectivity index (χ1n) is 6.73. The minimum Gasteiger partial charge on any atom is -0.477 e. The molecule has 1 unspecified atom stereocenters. The van der Waals surface area contributed by atoms with Gasteiger partial charge in [0.15, 0.2) is 5.13 Å². The van der Waals surface area contributed by atoms with E-state index in [-0.39, 0.29) is 11.5 Å². The van der Waals surface area contributed by atoms with Gasteiger partial charge in [-0.3, -0.25) is 4.90 Å². The second kappa shape index (κ2) is 6.51. The molecular weight excluding hydrogens is 278 g/mol. The summed E-state index contributed by atoms with van der Waals surface area (Å²) in [4.78, 5) is 20.5. The lowest BCUT2D eigenvalue weighted by Crippen LogP contribution is -2.51. The van der Waals surface area contributed by atoms with Crippen LogP contribution in [-0.4, -0.2) is 60.8 Å². The number of piperazine rings is 1. The molecule has 1 aromatic heterocycles. The molecule has 0 saturated carbocycles. The molecule has 0 radical (unpaired) electrons. The molecule has 0 spiro atoms. The SMILES string of the molecule is CCC1CN(c2nc(COC)c(C(=O)O)s2)CCN1C. The molecule has 1 atom stereocenters. The Bertz CT molecular complexity index is 477. The summed E-state index contributed by atoms with van der Waals surface area (Å²) in [6, 6.07) is 0.492. The molecule has 2 rings (SSSR count). The molecule has 2 heterocycles. The van der Waals surface area contributed by atoms with Crippen LogP contribution in [0.3, 0.4) is 0 Å². The molecule has 0 aromatic carbocycles. The molecule has 0 amide bonds. The van der Waals surface area contributed by atoms with Crippen molar-refractivity contribution in [3.63, 3.8) is 0 Å². The van der Waals surface area contributed by atoms with E-state index < -0.39 is 5.97 Å². The van der Waals surface area contributed by atoms with E-state index in [2.05, 4.69) is 28.8 Å². The van der Waals surface area contributed by atoms with Crippen molar-refractivity contribution in [1.82, 2.24) is 9.88 Å². The van der Waals surface area contributed by atoms with E-state index in [4.69, 9.17) is 4.74 Å². The van der Waals surface area contributed by atoms with Crippen LogP contribution >= 0.6 is 11.3 Å². The fourth-order valence-electron chi connectivity index (χ4n) is 2.44. The van der Waals surface area contributed by atoms with Gasteiger partial charge in [-0.2, -0.15) is 0 Å². The van der Waals surface area contributed by atoms with Crippen LogP contribution in [0.5, 0.6) is 0 Å². The lowest BCUT2D eigenvalue weighted by atomic mass is 10.1. The van der Waals surface area contributed by atoms with Crippen molar-refractivity contribution >= 4 is 22.4 Å². The molecule has 1 fully saturated rings. The highest BCUT2D eigenvalue weighted by Crippen LogP contribution is 2.29. The van der Waals surface area contributed by atoms with E-state index in [0.29, 0.717) is 11.7 Å². The zero-order chi connectivity index (χ0) is 14.7. The van der Waals surface area contributed by atoms with Crippen LogP contribution in [0.4, 0.5) is 5.13 Å². The van der Waals surface area contributed by atoms with Crippen LogP contribution in [0.25, 0.3) is 0 Å². The number of hydrogen-bond acceptors (Lipinski definition) is 6. The minimum atomic E-state index is -0.929. The summed E-state index contributed by atoms with van der Waals surface area (Å²) >= 11 is 1.24. The number of likely N-dealkylation sites (N-methyl/N-ethyl adjacent to an activating group) is 1. The standard InChI is InChI=1S/C13H21N3O3S/c1-4-9-7-16(6-5-15(9)2)13-14-10(8-19-3)11(20-13)12(17)18/h9H,4-8H2,1-3H3,(H,17,18). The highest BCUT2D eigenvalue weighted by molar-refractivity contribution is 7.17. The first-order valence-corrected chi connectivity index (χ1v) is 7.55. The van der Waals surface area contributed by atoms with Gasteiger partial charge in [-0.05, 0) is 13.5 Å². The second-order valence-corrected chi connectivity index (χ2v) is 5.98. The Morgan fingerprint density at radius 3 is 2.90 bits per heavy atom. The molecule has 1 N–H and O–H groups in total. The number of carboxylic acid groups (broad SMARTS) is 1. The maximum Gasteiger partial charge on any atom is 0.347 e. The van der Waals surface area contributed by atoms with E-state index >= 15 is 0 Å². The fraction of sp³-hybridized carbons (Fsp3) is 0.692. The van der Waals surface area contributed by atoms with Crippen LogP contribution in [0.1, 0.15) is 28.7 Å². The first kappa shape index (κ1) is 15.2. The zero-order valence-corrected chi connectivity index (χ0v) is 12.9. The van der Waals surface area contributed by atoms with Gasteiger partial charge in [0.2, 0.25) is 0 Å². The van der Waals surface area contributed by atoms with Gasteiger partial charge in [-0.25, -0.2) is 9.78 Å². The minimum absolute atomic E-state index is 0.239. The number of anilines is 1. The summed E-state index contributed by atoms with van der Waals surface area (Å²) in [7, 11) is 3.68. The van der Waals surface area contributed by atoms with Gasteiger partial charge in [0.25, 0.3) is 0 Å². The van der Waals surface area contributed by atoms with Gasteiger partial charge in [-0.1, -0.05) is 18.3 Å². The van der Waals surface area contributed by atoms with Crippen molar-refractivity contribution < 1.29 is 14.6 Å². The summed E-state index contributed by atoms with van der Waals surface area (Å²) in [5, 5.41) is 10.0. The van der Waals surface area contributed by atoms with Crippen molar-refractivity contribution in [3.8, 4) is 0 Å². The summed E-state index contributed by atoms with van der Waals surface area (Å²) in [5.74, 6) is -0.929. The Labute approximate surface area is 123 Å². The number of nitrogens with zero attached hydrogens (tertiary/aromatic N) is 3. The molecule has 0 bridgehead atoms. The Balaban J connectivity index is 2.20. The van der Waals surface area contributed by atoms with Crippen LogP contribution in [0, 0.1) is 0 Å². The number of ether oxygens (including phenoxy) is 1. The molecule has 0 aliphatic carbocycles. The second-order valence-electron chi connectivity index (χ2n) is 5.00. The Kier molecular flexibility index (Phi) is 4.95. The van der Waals surface area contributed by atoms with E-state index in [1.807, 2.05) is 0 Å². The number of thiazole rings is 1. The molecule has 112 valence electrons. The van der Waals surface area contributed by atoms with Crippen molar-refractivity contribution in [1.29, 1.82) is 0 Å². The normalized spacial score (nSPS) is 20.4. The average molecular weight is 299 g/mol. The number of carbonyl (C=O) groups is 1. The monoisotopic (exact) mass is 299 g/mol. The predicted octanol–water partition coefficient (Wildman–Crippen LogP) is 1.52. The predicted molar refractivity (Wildman–Crippen MR) is 78.7 cm³/mol. The average Bonchev–Trinajstić information content (AvgIpc) is 2.84. The maximum absolute atomic E-state index is 11.3. The molecule has 1 aromatic rings. The molecule has 1 aliphatic heterocycles. The fourth-order valence-corrected chi connectivity index (χ4v) is 3.38. The van der Waals surface area contributed by atoms with Crippen molar-refractivity contribution in [3.05, 3.63) is 10.6 Å². The molecule has 7 heteroatoms. The highest BCUT2D eigenvalue weighted by atomic mass is 32.1. The van der Waals surface area contributed by atoms with Crippen molar-refractivity contribution in [2.24, 2.45) is 0 Å². The van der Waals surface area contributed by atoms with Crippen LogP contribution in [-0.2, 0) is 11.3 Å². The van der Waals surface area contributed by atoms with Crippen LogP contribution < -0.4 is 4.90 Å². The third kappa shape index (κ3) is 3.11. The van der Waals surface area contributed by atoms with Gasteiger partial charge in [-0.15, -0.1) is 0 Å². The van der Waals surface area contributed by atoms with Gasteiger partial charge in [0, 0.05) is 32.8 Å². The van der Waals surface area contributed by atoms with Gasteiger partial charge in [0.1, 0.15) is 4.88 Å². The van der Waals surface area contributed by atoms with E-state index in [0.717, 1.165) is 31.2 Å². The first-order chi connectivity index (χ1) is 9.56. The number of methoxy groups -OCH3 is 1. The Morgan fingerprint density at radius 1 is 1.55 bits per heavy atom. The lowest BCUT2D eigenvalue weighted by molar-refractivity contribution is 0.0697. The summed E-state index contributed by atoms with van der Waals surface area (Å²) in [5.41, 5.74) is 0.520. The molecule has 1 saturated heterocycles. The van der Waals surface area contributed by atoms with Gasteiger partial charge < -0.3 is 14.7 Å². The number of rotatable bonds is 5. The number of aromatic nitrogens is 1. The molecule has 1 aliphatic rings. The summed E-state index contributed by atoms with van der Waals surface area (Å²) in [6.45, 7) is 5.16. The van der Waals surface area contributed by atoms with Crippen molar-refractivity contribution in [2.45, 2.75) is 26.0 Å². The quantitative estimate of drug-likeness (QED) is 0.889. The third-order valence-corrected chi connectivity index (χ3v) is 4.83. The van der Waals surface area contributed by atoms with Gasteiger partial charge >= 0.3 is 5.97 Å². The zero-order valence-electron chi connectivity index (χ0n) is 12.1. The third-order valence-electron chi connectivity index (χ3n) is 3.68. The molecular formula is C13H21N3O3S. The summed E-state index contributed by atoms with van der Waals surface area (Å²) < 4.78 is 5.03. The lowest BCUT2D eigenvalue weighted by Gasteiger charge is -2.39. The molecule has 20 heavy (non-hydrogen) atoms. The Morgan fingerprint density at radius 2 is 2.30 bits per heavy atom. The topological polar surface area (TPSA) is 65.9 Å². The smallest absolute Gasteiger partial charge is 0.347 e. The van der Waals surface area contributed by atoms with E-state index in [1.165, 1.54) is 11.3 Å².